The largest absolute Gasteiger partial charge is 0.456 e. The molecule has 0 saturated carbocycles. The maximum absolute atomic E-state index is 9.88. The van der Waals surface area contributed by atoms with Gasteiger partial charge in [-0.1, -0.05) is 139 Å². The summed E-state index contributed by atoms with van der Waals surface area (Å²) in [5, 5.41) is 1.29. The van der Waals surface area contributed by atoms with Crippen molar-refractivity contribution in [2.24, 2.45) is 0 Å². The second kappa shape index (κ2) is 10.2. The Balaban J connectivity index is 1.43. The van der Waals surface area contributed by atoms with E-state index in [1.165, 1.54) is 0 Å². The van der Waals surface area contributed by atoms with Gasteiger partial charge >= 0.3 is 0 Å². The van der Waals surface area contributed by atoms with E-state index in [1.807, 2.05) is 0 Å². The van der Waals surface area contributed by atoms with E-state index in [1.54, 1.807) is 78.9 Å². The predicted molar refractivity (Wildman–Crippen MR) is 200 cm³/mol. The van der Waals surface area contributed by atoms with Crippen LogP contribution in [-0.4, -0.2) is 0 Å². The Bertz CT molecular complexity index is 3630. The van der Waals surface area contributed by atoms with Gasteiger partial charge in [0.25, 0.3) is 0 Å². The van der Waals surface area contributed by atoms with E-state index >= 15 is 0 Å². The van der Waals surface area contributed by atoms with E-state index in [2.05, 4.69) is 0 Å². The lowest BCUT2D eigenvalue weighted by Gasteiger charge is -2.19. The van der Waals surface area contributed by atoms with Crippen LogP contribution in [0.2, 0.25) is 0 Å². The zero-order valence-corrected chi connectivity index (χ0v) is 24.4. The molecule has 1 heteroatoms. The van der Waals surface area contributed by atoms with Crippen molar-refractivity contribution < 1.29 is 25.0 Å². The monoisotopic (exact) mass is 611 g/mol. The highest BCUT2D eigenvalue weighted by Gasteiger charge is 2.21. The summed E-state index contributed by atoms with van der Waals surface area (Å²) in [6.07, 6.45) is 0. The van der Waals surface area contributed by atoms with Crippen LogP contribution in [0.25, 0.3) is 98.4 Å². The van der Waals surface area contributed by atoms with E-state index in [0.29, 0.717) is 38.2 Å². The van der Waals surface area contributed by atoms with Gasteiger partial charge in [-0.25, -0.2) is 0 Å². The standard InChI is InChI=1S/C46H28O/c1-2-13-29(14-3-1)40-27-33(25-32-17-6-7-18-34(32)40)44-35-19-8-10-21-37(35)45(38-22-11-9-20-36(38)44)39-23-12-24-42-46(39)41-26-30-15-4-5-16-31(30)28-43(41)47-42/h1-28H/i4D,5D,6D,7D,12D,15D,16D,17D,18D,23D,24D,25D,26D,27D,28D. The Labute approximate surface area is 293 Å². The molecule has 1 aromatic heterocycles. The molecule has 0 fully saturated rings. The third-order valence-electron chi connectivity index (χ3n) is 8.63. The first-order chi connectivity index (χ1) is 29.6. The van der Waals surface area contributed by atoms with Gasteiger partial charge in [0.05, 0.1) is 20.6 Å². The van der Waals surface area contributed by atoms with Crippen molar-refractivity contribution in [1.29, 1.82) is 0 Å². The number of hydrogen-bond acceptors (Lipinski definition) is 1. The van der Waals surface area contributed by atoms with Crippen molar-refractivity contribution in [3.63, 3.8) is 0 Å². The number of rotatable bonds is 3. The van der Waals surface area contributed by atoms with Gasteiger partial charge in [0.2, 0.25) is 0 Å². The molecule has 0 unspecified atom stereocenters. The normalized spacial score (nSPS) is 16.3. The van der Waals surface area contributed by atoms with E-state index in [9.17, 15) is 6.85 Å². The van der Waals surface area contributed by atoms with Gasteiger partial charge in [0.15, 0.2) is 0 Å². The number of benzene rings is 9. The van der Waals surface area contributed by atoms with E-state index in [-0.39, 0.29) is 78.3 Å². The zero-order valence-electron chi connectivity index (χ0n) is 39.4. The smallest absolute Gasteiger partial charge is 0.136 e. The van der Waals surface area contributed by atoms with Crippen molar-refractivity contribution in [3.05, 3.63) is 169 Å². The Morgan fingerprint density at radius 2 is 1.00 bits per heavy atom. The molecule has 0 N–H and O–H groups in total. The summed E-state index contributed by atoms with van der Waals surface area (Å²) in [5.74, 6) is 0. The Kier molecular flexibility index (Phi) is 3.33. The van der Waals surface area contributed by atoms with Crippen LogP contribution in [0.15, 0.2) is 174 Å². The second-order valence-corrected chi connectivity index (χ2v) is 11.2. The fraction of sp³-hybridized carbons (Fsp3) is 0. The van der Waals surface area contributed by atoms with E-state index in [4.69, 9.17) is 18.1 Å². The van der Waals surface area contributed by atoms with Crippen molar-refractivity contribution in [2.75, 3.05) is 0 Å². The minimum atomic E-state index is -0.603. The molecule has 9 aromatic carbocycles. The van der Waals surface area contributed by atoms with Crippen molar-refractivity contribution >= 4 is 65.0 Å². The molecule has 218 valence electrons. The molecule has 0 aliphatic carbocycles. The summed E-state index contributed by atoms with van der Waals surface area (Å²) in [5.41, 5.74) is 1.13. The van der Waals surface area contributed by atoms with Crippen molar-refractivity contribution in [2.45, 2.75) is 0 Å². The summed E-state index contributed by atoms with van der Waals surface area (Å²) in [4.78, 5) is 0. The van der Waals surface area contributed by atoms with E-state index in [0.717, 1.165) is 0 Å². The van der Waals surface area contributed by atoms with Crippen LogP contribution in [0.5, 0.6) is 0 Å². The summed E-state index contributed by atoms with van der Waals surface area (Å²) < 4.78 is 141. The highest BCUT2D eigenvalue weighted by molar-refractivity contribution is 6.26. The van der Waals surface area contributed by atoms with Crippen molar-refractivity contribution in [1.82, 2.24) is 0 Å². The second-order valence-electron chi connectivity index (χ2n) is 11.2. The number of hydrogen-bond donors (Lipinski definition) is 0. The van der Waals surface area contributed by atoms with Crippen LogP contribution in [-0.2, 0) is 0 Å². The molecular formula is C46H28O. The maximum Gasteiger partial charge on any atom is 0.136 e. The molecule has 0 spiro atoms. The Hall–Kier alpha value is -6.18. The van der Waals surface area contributed by atoms with Gasteiger partial charge in [-0.2, -0.15) is 0 Å². The molecule has 10 rings (SSSR count). The van der Waals surface area contributed by atoms with Gasteiger partial charge in [-0.15, -0.1) is 0 Å². The molecule has 0 amide bonds. The SMILES string of the molecule is [2H]c1c([2H])c(-c2c3ccccc3c(-c3c([2H])c(-c4ccccc4)c4c([2H])c([2H])c([2H])c([2H])c4c3[2H])c3ccccc23)c2c(oc3c([2H])c4c([2H])c([2H])c([2H])c([2H])c4c([2H])c32)c1[2H]. The molecule has 0 atom stereocenters. The number of furan rings is 1. The summed E-state index contributed by atoms with van der Waals surface area (Å²) >= 11 is 0. The summed E-state index contributed by atoms with van der Waals surface area (Å²) in [7, 11) is 0. The number of fused-ring (bicyclic) bond motifs is 7. The molecule has 1 nitrogen and oxygen atoms in total. The molecule has 0 aliphatic rings. The highest BCUT2D eigenvalue weighted by atomic mass is 16.3. The highest BCUT2D eigenvalue weighted by Crippen LogP contribution is 2.48. The van der Waals surface area contributed by atoms with Crippen molar-refractivity contribution in [3.8, 4) is 33.4 Å². The first-order valence-corrected chi connectivity index (χ1v) is 15.0. The molecule has 47 heavy (non-hydrogen) atoms. The van der Waals surface area contributed by atoms with Crippen LogP contribution in [0, 0.1) is 0 Å². The predicted octanol–water partition coefficient (Wildman–Crippen LogP) is 13.2. The summed E-state index contributed by atoms with van der Waals surface area (Å²) in [6, 6.07) is 16.0. The average molecular weight is 612 g/mol. The lowest BCUT2D eigenvalue weighted by atomic mass is 9.83. The minimum absolute atomic E-state index is 0.0253. The molecule has 1 heterocycles. The quantitative estimate of drug-likeness (QED) is 0.181. The fourth-order valence-electron chi connectivity index (χ4n) is 6.65. The Morgan fingerprint density at radius 3 is 1.72 bits per heavy atom. The third kappa shape index (κ3) is 3.97. The average Bonchev–Trinajstić information content (AvgIpc) is 3.68. The first kappa shape index (κ1) is 15.4. The van der Waals surface area contributed by atoms with Crippen LogP contribution < -0.4 is 0 Å². The summed E-state index contributed by atoms with van der Waals surface area (Å²) in [6.45, 7) is 0. The van der Waals surface area contributed by atoms with Gasteiger partial charge in [0.1, 0.15) is 11.2 Å². The fourth-order valence-corrected chi connectivity index (χ4v) is 6.65. The molecule has 0 aliphatic heterocycles. The van der Waals surface area contributed by atoms with E-state index < -0.39 is 72.5 Å². The lowest BCUT2D eigenvalue weighted by molar-refractivity contribution is 0.669. The van der Waals surface area contributed by atoms with Crippen LogP contribution >= 0.6 is 0 Å². The van der Waals surface area contributed by atoms with Gasteiger partial charge in [-0.3, -0.25) is 0 Å². The zero-order chi connectivity index (χ0) is 44.0. The molecule has 0 bridgehead atoms. The third-order valence-corrected chi connectivity index (χ3v) is 8.63. The van der Waals surface area contributed by atoms with Crippen LogP contribution in [0.4, 0.5) is 0 Å². The van der Waals surface area contributed by atoms with Gasteiger partial charge in [-0.05, 0) is 107 Å². The minimum Gasteiger partial charge on any atom is -0.456 e. The molecule has 0 saturated heterocycles. The topological polar surface area (TPSA) is 13.1 Å². The molecule has 10 aromatic rings. The Morgan fingerprint density at radius 1 is 0.383 bits per heavy atom. The molecular weight excluding hydrogens is 569 g/mol. The lowest BCUT2D eigenvalue weighted by Crippen LogP contribution is -1.92. The van der Waals surface area contributed by atoms with Gasteiger partial charge in [0, 0.05) is 10.8 Å². The van der Waals surface area contributed by atoms with Crippen LogP contribution in [0.3, 0.4) is 0 Å². The maximum atomic E-state index is 9.88. The van der Waals surface area contributed by atoms with Gasteiger partial charge < -0.3 is 4.42 Å². The molecule has 0 radical (unpaired) electrons. The first-order valence-electron chi connectivity index (χ1n) is 22.5. The van der Waals surface area contributed by atoms with Crippen LogP contribution in [0.1, 0.15) is 20.6 Å².